The number of hydrogen-bond acceptors (Lipinski definition) is 3. The van der Waals surface area contributed by atoms with Crippen LogP contribution in [0.1, 0.15) is 37.8 Å². The first-order chi connectivity index (χ1) is 10.0. The van der Waals surface area contributed by atoms with Gasteiger partial charge in [0.05, 0.1) is 12.2 Å². The van der Waals surface area contributed by atoms with E-state index in [1.807, 2.05) is 0 Å². The van der Waals surface area contributed by atoms with E-state index in [4.69, 9.17) is 9.47 Å². The largest absolute Gasteiger partial charge is 0.491 e. The third kappa shape index (κ3) is 5.33. The lowest BCUT2D eigenvalue weighted by atomic mass is 10.1. The second-order valence-corrected chi connectivity index (χ2v) is 6.59. The van der Waals surface area contributed by atoms with Crippen molar-refractivity contribution >= 4 is 0 Å². The Morgan fingerprint density at radius 2 is 2.00 bits per heavy atom. The van der Waals surface area contributed by atoms with Gasteiger partial charge in [-0.1, -0.05) is 31.5 Å². The van der Waals surface area contributed by atoms with Gasteiger partial charge in [0.1, 0.15) is 12.4 Å². The van der Waals surface area contributed by atoms with Crippen LogP contribution in [0.15, 0.2) is 18.2 Å². The molecule has 2 atom stereocenters. The quantitative estimate of drug-likeness (QED) is 0.834. The molecule has 3 heteroatoms. The highest BCUT2D eigenvalue weighted by atomic mass is 16.5. The molecule has 0 aliphatic carbocycles. The summed E-state index contributed by atoms with van der Waals surface area (Å²) in [6, 6.07) is 6.31. The van der Waals surface area contributed by atoms with E-state index in [-0.39, 0.29) is 6.10 Å². The first-order valence-electron chi connectivity index (χ1n) is 8.11. The lowest BCUT2D eigenvalue weighted by Crippen LogP contribution is -2.30. The van der Waals surface area contributed by atoms with Crippen molar-refractivity contribution in [1.82, 2.24) is 5.32 Å². The monoisotopic (exact) mass is 291 g/mol. The zero-order valence-electron chi connectivity index (χ0n) is 13.8. The Bertz CT molecular complexity index is 445. The van der Waals surface area contributed by atoms with Gasteiger partial charge in [-0.15, -0.1) is 0 Å². The van der Waals surface area contributed by atoms with Crippen molar-refractivity contribution in [3.8, 4) is 5.75 Å². The number of ether oxygens (including phenoxy) is 2. The SMILES string of the molecule is Cc1ccc(OCC2CCC(CNCC(C)C)O2)c(C)c1. The van der Waals surface area contributed by atoms with E-state index in [2.05, 4.69) is 51.2 Å². The van der Waals surface area contributed by atoms with E-state index in [1.54, 1.807) is 0 Å². The molecule has 1 saturated heterocycles. The Morgan fingerprint density at radius 1 is 1.24 bits per heavy atom. The van der Waals surface area contributed by atoms with Gasteiger partial charge in [0.25, 0.3) is 0 Å². The summed E-state index contributed by atoms with van der Waals surface area (Å²) in [7, 11) is 0. The van der Waals surface area contributed by atoms with Crippen LogP contribution in [0.25, 0.3) is 0 Å². The molecule has 21 heavy (non-hydrogen) atoms. The lowest BCUT2D eigenvalue weighted by molar-refractivity contribution is 0.0182. The highest BCUT2D eigenvalue weighted by Crippen LogP contribution is 2.23. The molecule has 0 spiro atoms. The van der Waals surface area contributed by atoms with Crippen LogP contribution in [0.5, 0.6) is 5.75 Å². The number of rotatable bonds is 7. The average molecular weight is 291 g/mol. The fourth-order valence-corrected chi connectivity index (χ4v) is 2.73. The predicted molar refractivity (Wildman–Crippen MR) is 87.0 cm³/mol. The molecule has 0 saturated carbocycles. The van der Waals surface area contributed by atoms with E-state index in [0.717, 1.165) is 31.7 Å². The second kappa shape index (κ2) is 7.81. The molecule has 1 fully saturated rings. The molecule has 1 aliphatic rings. The van der Waals surface area contributed by atoms with E-state index in [1.165, 1.54) is 11.1 Å². The van der Waals surface area contributed by atoms with E-state index in [9.17, 15) is 0 Å². The predicted octanol–water partition coefficient (Wildman–Crippen LogP) is 3.48. The van der Waals surface area contributed by atoms with E-state index >= 15 is 0 Å². The van der Waals surface area contributed by atoms with Crippen LogP contribution in [-0.4, -0.2) is 31.9 Å². The minimum absolute atomic E-state index is 0.233. The molecule has 2 rings (SSSR count). The van der Waals surface area contributed by atoms with Crippen molar-refractivity contribution in [3.63, 3.8) is 0 Å². The maximum Gasteiger partial charge on any atom is 0.122 e. The smallest absolute Gasteiger partial charge is 0.122 e. The van der Waals surface area contributed by atoms with Gasteiger partial charge in [-0.3, -0.25) is 0 Å². The highest BCUT2D eigenvalue weighted by molar-refractivity contribution is 5.35. The van der Waals surface area contributed by atoms with Crippen LogP contribution in [0.2, 0.25) is 0 Å². The third-order valence-corrected chi connectivity index (χ3v) is 3.88. The number of hydrogen-bond donors (Lipinski definition) is 1. The van der Waals surface area contributed by atoms with E-state index in [0.29, 0.717) is 18.6 Å². The Morgan fingerprint density at radius 3 is 2.71 bits per heavy atom. The third-order valence-electron chi connectivity index (χ3n) is 3.88. The van der Waals surface area contributed by atoms with Gasteiger partial charge < -0.3 is 14.8 Å². The summed E-state index contributed by atoms with van der Waals surface area (Å²) < 4.78 is 12.0. The molecule has 118 valence electrons. The maximum absolute atomic E-state index is 6.04. The molecule has 1 heterocycles. The van der Waals surface area contributed by atoms with Crippen LogP contribution in [0, 0.1) is 19.8 Å². The van der Waals surface area contributed by atoms with Crippen LogP contribution in [0.3, 0.4) is 0 Å². The molecular formula is C18H29NO2. The normalized spacial score (nSPS) is 22.0. The van der Waals surface area contributed by atoms with Crippen molar-refractivity contribution in [3.05, 3.63) is 29.3 Å². The fourth-order valence-electron chi connectivity index (χ4n) is 2.73. The number of nitrogens with one attached hydrogen (secondary N) is 1. The van der Waals surface area contributed by atoms with Gasteiger partial charge in [0.2, 0.25) is 0 Å². The Balaban J connectivity index is 1.70. The van der Waals surface area contributed by atoms with Crippen molar-refractivity contribution in [2.24, 2.45) is 5.92 Å². The summed E-state index contributed by atoms with van der Waals surface area (Å²) in [5.41, 5.74) is 2.47. The number of aryl methyl sites for hydroxylation is 2. The molecule has 2 unspecified atom stereocenters. The molecule has 0 aromatic heterocycles. The summed E-state index contributed by atoms with van der Waals surface area (Å²) in [6.07, 6.45) is 2.80. The zero-order chi connectivity index (χ0) is 15.2. The molecule has 3 nitrogen and oxygen atoms in total. The first-order valence-corrected chi connectivity index (χ1v) is 8.11. The maximum atomic E-state index is 6.04. The van der Waals surface area contributed by atoms with Crippen molar-refractivity contribution in [2.75, 3.05) is 19.7 Å². The summed E-state index contributed by atoms with van der Waals surface area (Å²) >= 11 is 0. The Labute approximate surface area is 129 Å². The minimum atomic E-state index is 0.233. The van der Waals surface area contributed by atoms with Crippen LogP contribution in [0.4, 0.5) is 0 Å². The highest BCUT2D eigenvalue weighted by Gasteiger charge is 2.25. The Kier molecular flexibility index (Phi) is 6.07. The van der Waals surface area contributed by atoms with Gasteiger partial charge in [0, 0.05) is 6.54 Å². The van der Waals surface area contributed by atoms with E-state index < -0.39 is 0 Å². The van der Waals surface area contributed by atoms with Crippen LogP contribution < -0.4 is 10.1 Å². The van der Waals surface area contributed by atoms with Crippen molar-refractivity contribution < 1.29 is 9.47 Å². The molecule has 0 radical (unpaired) electrons. The van der Waals surface area contributed by atoms with Gasteiger partial charge in [0.15, 0.2) is 0 Å². The van der Waals surface area contributed by atoms with Crippen molar-refractivity contribution in [1.29, 1.82) is 0 Å². The van der Waals surface area contributed by atoms with Crippen LogP contribution in [-0.2, 0) is 4.74 Å². The minimum Gasteiger partial charge on any atom is -0.491 e. The van der Waals surface area contributed by atoms with Gasteiger partial charge in [-0.25, -0.2) is 0 Å². The standard InChI is InChI=1S/C18H29NO2/c1-13(2)10-19-11-16-6-7-17(21-16)12-20-18-8-5-14(3)9-15(18)4/h5,8-9,13,16-17,19H,6-7,10-12H2,1-4H3. The zero-order valence-corrected chi connectivity index (χ0v) is 13.8. The number of benzene rings is 1. The summed E-state index contributed by atoms with van der Waals surface area (Å²) in [6.45, 7) is 11.3. The second-order valence-electron chi connectivity index (χ2n) is 6.59. The fraction of sp³-hybridized carbons (Fsp3) is 0.667. The molecule has 1 N–H and O–H groups in total. The molecule has 0 amide bonds. The molecule has 1 aromatic carbocycles. The Hall–Kier alpha value is -1.06. The molecule has 0 bridgehead atoms. The average Bonchev–Trinajstić information content (AvgIpc) is 2.85. The van der Waals surface area contributed by atoms with Crippen molar-refractivity contribution in [2.45, 2.75) is 52.7 Å². The summed E-state index contributed by atoms with van der Waals surface area (Å²) in [4.78, 5) is 0. The lowest BCUT2D eigenvalue weighted by Gasteiger charge is -2.16. The summed E-state index contributed by atoms with van der Waals surface area (Å²) in [5, 5.41) is 3.47. The van der Waals surface area contributed by atoms with Crippen LogP contribution >= 0.6 is 0 Å². The van der Waals surface area contributed by atoms with Gasteiger partial charge >= 0.3 is 0 Å². The molecule has 1 aromatic rings. The molecular weight excluding hydrogens is 262 g/mol. The molecule has 1 aliphatic heterocycles. The van der Waals surface area contributed by atoms with Gasteiger partial charge in [-0.05, 0) is 50.8 Å². The van der Waals surface area contributed by atoms with Gasteiger partial charge in [-0.2, -0.15) is 0 Å². The summed E-state index contributed by atoms with van der Waals surface area (Å²) in [5.74, 6) is 1.67. The topological polar surface area (TPSA) is 30.5 Å². The first kappa shape index (κ1) is 16.3.